The van der Waals surface area contributed by atoms with E-state index >= 15 is 0 Å². The van der Waals surface area contributed by atoms with Gasteiger partial charge in [-0.05, 0) is 256 Å². The molecule has 7 nitrogen and oxygen atoms in total. The average Bonchev–Trinajstić information content (AvgIpc) is 3.88. The van der Waals surface area contributed by atoms with Crippen LogP contribution in [0.4, 0.5) is 0 Å². The van der Waals surface area contributed by atoms with Gasteiger partial charge in [-0.25, -0.2) is 9.36 Å². The molecule has 8 fully saturated rings. The summed E-state index contributed by atoms with van der Waals surface area (Å²) < 4.78 is 3.62. The number of carbonyl (C=O) groups is 1. The highest BCUT2D eigenvalue weighted by Crippen LogP contribution is 2.59. The molecule has 8 aliphatic rings. The first-order valence-corrected chi connectivity index (χ1v) is 29.9. The number of rotatable bonds is 15. The second-order valence-corrected chi connectivity index (χ2v) is 25.8. The molecule has 75 heavy (non-hydrogen) atoms. The molecule has 1 N–H and O–H groups in total. The predicted octanol–water partition coefficient (Wildman–Crippen LogP) is 17.8. The van der Waals surface area contributed by atoms with Crippen molar-refractivity contribution in [3.05, 3.63) is 138 Å². The van der Waals surface area contributed by atoms with E-state index in [4.69, 9.17) is 74.7 Å². The summed E-state index contributed by atoms with van der Waals surface area (Å²) in [4.78, 5) is 13.7. The van der Waals surface area contributed by atoms with Crippen LogP contribution in [-0.2, 0) is 6.54 Å². The third-order valence-electron chi connectivity index (χ3n) is 18.3. The summed E-state index contributed by atoms with van der Waals surface area (Å²) in [5.41, 5.74) is 8.64. The van der Waals surface area contributed by atoms with Gasteiger partial charge < -0.3 is 10.2 Å². The monoisotopic (exact) mass is 1130 g/mol. The van der Waals surface area contributed by atoms with Gasteiger partial charge in [0.1, 0.15) is 5.69 Å². The Kier molecular flexibility index (Phi) is 17.8. The van der Waals surface area contributed by atoms with Gasteiger partial charge in [0.15, 0.2) is 6.29 Å². The Morgan fingerprint density at radius 3 is 1.40 bits per heavy atom. The zero-order chi connectivity index (χ0) is 52.5. The molecule has 2 heterocycles. The van der Waals surface area contributed by atoms with E-state index in [2.05, 4.69) is 36.3 Å². The van der Waals surface area contributed by atoms with Crippen molar-refractivity contribution >= 4 is 75.9 Å². The van der Waals surface area contributed by atoms with Crippen LogP contribution in [0.25, 0.3) is 33.9 Å². The third-order valence-corrected chi connectivity index (χ3v) is 19.9. The minimum Gasteiger partial charge on any atom is -0.320 e. The van der Waals surface area contributed by atoms with Crippen LogP contribution < -0.4 is 5.32 Å². The van der Waals surface area contributed by atoms with E-state index in [1.54, 1.807) is 73.2 Å². The molecule has 2 aromatic heterocycles. The van der Waals surface area contributed by atoms with Gasteiger partial charge in [-0.15, -0.1) is 0 Å². The number of hydrogen-bond donors (Lipinski definition) is 1. The van der Waals surface area contributed by atoms with Gasteiger partial charge in [0.2, 0.25) is 0 Å². The van der Waals surface area contributed by atoms with Crippen molar-refractivity contribution in [2.45, 2.75) is 110 Å². The molecule has 0 aliphatic heterocycles. The van der Waals surface area contributed by atoms with Crippen molar-refractivity contribution in [2.75, 3.05) is 27.2 Å². The minimum atomic E-state index is 0.362. The fourth-order valence-corrected chi connectivity index (χ4v) is 16.6. The van der Waals surface area contributed by atoms with E-state index in [-0.39, 0.29) is 0 Å². The van der Waals surface area contributed by atoms with Crippen molar-refractivity contribution in [3.8, 4) is 33.9 Å². The summed E-state index contributed by atoms with van der Waals surface area (Å²) in [6.45, 7) is 7.15. The largest absolute Gasteiger partial charge is 0.320 e. The van der Waals surface area contributed by atoms with Crippen molar-refractivity contribution in [1.82, 2.24) is 29.8 Å². The van der Waals surface area contributed by atoms with Gasteiger partial charge in [0, 0.05) is 43.3 Å². The number of benzene rings is 4. The zero-order valence-electron chi connectivity index (χ0n) is 43.9. The number of carbonyl (C=O) groups excluding carboxylic acids is 1. The first kappa shape index (κ1) is 55.0. The Balaban J connectivity index is 0.000000143. The van der Waals surface area contributed by atoms with Gasteiger partial charge in [0.05, 0.1) is 38.5 Å². The summed E-state index contributed by atoms with van der Waals surface area (Å²) in [5, 5.41) is 16.3. The zero-order valence-corrected chi connectivity index (χ0v) is 48.4. The van der Waals surface area contributed by atoms with E-state index in [1.165, 1.54) is 69.9 Å². The van der Waals surface area contributed by atoms with E-state index in [9.17, 15) is 4.79 Å². The van der Waals surface area contributed by atoms with Crippen LogP contribution in [0.2, 0.25) is 30.1 Å². The van der Waals surface area contributed by atoms with Gasteiger partial charge in [0.25, 0.3) is 0 Å². The highest BCUT2D eigenvalue weighted by Gasteiger charge is 2.48. The number of nitrogens with zero attached hydrogens (tertiary/aromatic N) is 5. The molecule has 13 heteroatoms. The highest BCUT2D eigenvalue weighted by atomic mass is 35.5. The van der Waals surface area contributed by atoms with Gasteiger partial charge >= 0.3 is 0 Å². The lowest BCUT2D eigenvalue weighted by molar-refractivity contribution is -0.0408. The summed E-state index contributed by atoms with van der Waals surface area (Å²) in [5.74, 6) is 10.8. The minimum absolute atomic E-state index is 0.362. The first-order chi connectivity index (χ1) is 36.2. The van der Waals surface area contributed by atoms with Gasteiger partial charge in [-0.1, -0.05) is 93.9 Å². The Hall–Kier alpha value is -3.37. The molecule has 8 saturated carbocycles. The van der Waals surface area contributed by atoms with Crippen LogP contribution in [0.3, 0.4) is 0 Å². The Morgan fingerprint density at radius 2 is 0.973 bits per heavy atom. The van der Waals surface area contributed by atoms with Crippen LogP contribution in [0.15, 0.2) is 84.9 Å². The third kappa shape index (κ3) is 12.4. The molecule has 8 bridgehead atoms. The standard InChI is InChI=1S/C31H36Cl3N3.C17H11Cl3N2O.C14H25N/c1-19-29(18-36(2)11-3-4-27-23-13-20-12-21(15-23)16-24(27)14-20)35-37(30-10-9-26(33)17-28(30)34)31(19)22-5-7-25(32)8-6-22;1-10-15(9-23)21-22(16-7-6-13(19)8-14(16)20)17(10)11-2-4-12(18)5-3-11;1-15-4-2-3-14-12-6-10-5-11(8-12)9-13(14)7-10/h5-10,17,20-21,23-24,27H,3-4,11-16,18H2,1-2H3;2-9H,1H3;10-15H,2-9H2,1H3. The van der Waals surface area contributed by atoms with Crippen LogP contribution in [-0.4, -0.2) is 57.9 Å². The quantitative estimate of drug-likeness (QED) is 0.0820. The summed E-state index contributed by atoms with van der Waals surface area (Å²) >= 11 is 37.2. The fourth-order valence-electron chi connectivity index (χ4n) is 15.3. The Bertz CT molecular complexity index is 2880. The number of aromatic nitrogens is 4. The average molecular weight is 1130 g/mol. The van der Waals surface area contributed by atoms with Gasteiger partial charge in [-0.3, -0.25) is 4.79 Å². The molecule has 4 aromatic carbocycles. The molecule has 0 unspecified atom stereocenters. The predicted molar refractivity (Wildman–Crippen MR) is 313 cm³/mol. The summed E-state index contributed by atoms with van der Waals surface area (Å²) in [7, 11) is 4.31. The lowest BCUT2D eigenvalue weighted by atomic mass is 9.51. The van der Waals surface area contributed by atoms with Crippen molar-refractivity contribution < 1.29 is 4.79 Å². The maximum Gasteiger partial charge on any atom is 0.170 e. The maximum atomic E-state index is 11.3. The molecule has 8 aliphatic carbocycles. The van der Waals surface area contributed by atoms with Crippen molar-refractivity contribution in [2.24, 2.45) is 59.2 Å². The molecule has 14 rings (SSSR count). The molecule has 6 aromatic rings. The number of hydrogen-bond acceptors (Lipinski definition) is 5. The summed E-state index contributed by atoms with van der Waals surface area (Å²) in [6, 6.07) is 26.0. The lowest BCUT2D eigenvalue weighted by Crippen LogP contribution is -2.45. The maximum absolute atomic E-state index is 11.3. The molecule has 0 spiro atoms. The van der Waals surface area contributed by atoms with Gasteiger partial charge in [-0.2, -0.15) is 10.2 Å². The topological polar surface area (TPSA) is 68.0 Å². The van der Waals surface area contributed by atoms with E-state index in [0.717, 1.165) is 123 Å². The number of halogens is 6. The highest BCUT2D eigenvalue weighted by molar-refractivity contribution is 6.36. The molecular weight excluding hydrogens is 1060 g/mol. The Labute approximate surface area is 475 Å². The second kappa shape index (κ2) is 24.3. The molecule has 0 atom stereocenters. The number of aldehydes is 1. The number of nitrogens with one attached hydrogen (secondary N) is 1. The van der Waals surface area contributed by atoms with E-state index in [1.807, 2.05) is 60.1 Å². The SMILES string of the molecule is CNCCCC1C2CC3CC(C2)CC1C3.Cc1c(C=O)nn(-c2ccc(Cl)cc2Cl)c1-c1ccc(Cl)cc1.Cc1c(CN(C)CCCC2C3CC4CC(C3)CC2C4)nn(-c2ccc(Cl)cc2Cl)c1-c1ccc(Cl)cc1. The van der Waals surface area contributed by atoms with E-state index in [0.29, 0.717) is 36.5 Å². The molecule has 0 radical (unpaired) electrons. The van der Waals surface area contributed by atoms with Crippen molar-refractivity contribution in [1.29, 1.82) is 0 Å². The van der Waals surface area contributed by atoms with Crippen LogP contribution in [0, 0.1) is 73.0 Å². The van der Waals surface area contributed by atoms with Crippen LogP contribution >= 0.6 is 69.6 Å². The van der Waals surface area contributed by atoms with Crippen molar-refractivity contribution in [3.63, 3.8) is 0 Å². The van der Waals surface area contributed by atoms with Crippen LogP contribution in [0.1, 0.15) is 117 Å². The van der Waals surface area contributed by atoms with Crippen LogP contribution in [0.5, 0.6) is 0 Å². The van der Waals surface area contributed by atoms with E-state index < -0.39 is 0 Å². The Morgan fingerprint density at radius 1 is 0.560 bits per heavy atom. The summed E-state index contributed by atoms with van der Waals surface area (Å²) in [6.07, 6.45) is 21.9. The molecule has 0 amide bonds. The second-order valence-electron chi connectivity index (χ2n) is 23.2. The smallest absolute Gasteiger partial charge is 0.170 e. The molecular formula is C62H72Cl6N6O. The lowest BCUT2D eigenvalue weighted by Gasteiger charge is -2.54. The molecule has 0 saturated heterocycles. The normalized spacial score (nSPS) is 25.8. The first-order valence-electron chi connectivity index (χ1n) is 27.6. The molecule has 398 valence electrons. The fraction of sp³-hybridized carbons (Fsp3) is 0.500.